The highest BCUT2D eigenvalue weighted by Gasteiger charge is 2.10. The van der Waals surface area contributed by atoms with Gasteiger partial charge in [0.05, 0.1) is 17.2 Å². The van der Waals surface area contributed by atoms with Gasteiger partial charge < -0.3 is 10.6 Å². The van der Waals surface area contributed by atoms with Crippen molar-refractivity contribution in [2.75, 3.05) is 5.32 Å². The minimum absolute atomic E-state index is 0.493. The predicted molar refractivity (Wildman–Crippen MR) is 107 cm³/mol. The number of aryl methyl sites for hydroxylation is 1. The van der Waals surface area contributed by atoms with E-state index >= 15 is 0 Å². The summed E-state index contributed by atoms with van der Waals surface area (Å²) < 4.78 is 4.38. The Balaban J connectivity index is 1.60. The summed E-state index contributed by atoms with van der Waals surface area (Å²) in [6.07, 6.45) is 5.61. The summed E-state index contributed by atoms with van der Waals surface area (Å²) in [7, 11) is 1.88. The van der Waals surface area contributed by atoms with Gasteiger partial charge >= 0.3 is 0 Å². The Hall–Kier alpha value is -1.90. The van der Waals surface area contributed by atoms with Crippen molar-refractivity contribution in [3.63, 3.8) is 0 Å². The van der Waals surface area contributed by atoms with Gasteiger partial charge in [-0.1, -0.05) is 29.8 Å². The Morgan fingerprint density at radius 1 is 1.32 bits per heavy atom. The zero-order chi connectivity index (χ0) is 17.8. The molecular weight excluding hydrogens is 424 g/mol. The summed E-state index contributed by atoms with van der Waals surface area (Å²) in [5, 5.41) is 16.1. The quantitative estimate of drug-likeness (QED) is 0.595. The van der Waals surface area contributed by atoms with E-state index < -0.39 is 0 Å². The second-order valence-corrected chi connectivity index (χ2v) is 7.11. The van der Waals surface area contributed by atoms with Crippen LogP contribution in [-0.2, 0) is 20.1 Å². The number of hydrogen-bond donors (Lipinski definition) is 2. The number of nitrogens with zero attached hydrogens (tertiary/aromatic N) is 4. The fraction of sp³-hybridized carbons (Fsp3) is 0.188. The Morgan fingerprint density at radius 3 is 2.84 bits per heavy atom. The summed E-state index contributed by atoms with van der Waals surface area (Å²) in [5.74, 6) is 0.649. The summed E-state index contributed by atoms with van der Waals surface area (Å²) in [6.45, 7) is 1.17. The molecule has 2 heterocycles. The van der Waals surface area contributed by atoms with Crippen LogP contribution < -0.4 is 10.6 Å². The van der Waals surface area contributed by atoms with Crippen molar-refractivity contribution in [1.82, 2.24) is 24.9 Å². The molecule has 0 bridgehead atoms. The minimum Gasteiger partial charge on any atom is -0.358 e. The molecule has 0 amide bonds. The first-order valence-corrected chi connectivity index (χ1v) is 9.08. The molecule has 2 aromatic heterocycles. The van der Waals surface area contributed by atoms with Gasteiger partial charge in [0.1, 0.15) is 0 Å². The SMILES string of the molecule is Cn1cc(CNC(=S)Nc2nn(Cc3ccccc3Cl)cc2Br)cn1. The highest BCUT2D eigenvalue weighted by atomic mass is 79.9. The van der Waals surface area contributed by atoms with Crippen LogP contribution in [0.2, 0.25) is 5.02 Å². The fourth-order valence-electron chi connectivity index (χ4n) is 2.26. The molecule has 0 fully saturated rings. The number of hydrogen-bond acceptors (Lipinski definition) is 3. The molecule has 0 spiro atoms. The largest absolute Gasteiger partial charge is 0.358 e. The maximum atomic E-state index is 6.20. The van der Waals surface area contributed by atoms with E-state index in [2.05, 4.69) is 36.8 Å². The maximum absolute atomic E-state index is 6.20. The number of benzene rings is 1. The van der Waals surface area contributed by atoms with Gasteiger partial charge in [-0.3, -0.25) is 9.36 Å². The van der Waals surface area contributed by atoms with E-state index in [9.17, 15) is 0 Å². The van der Waals surface area contributed by atoms with Crippen LogP contribution in [0.4, 0.5) is 5.82 Å². The van der Waals surface area contributed by atoms with Crippen molar-refractivity contribution in [3.05, 3.63) is 63.5 Å². The lowest BCUT2D eigenvalue weighted by molar-refractivity contribution is 0.689. The van der Waals surface area contributed by atoms with Gasteiger partial charge in [-0.2, -0.15) is 10.2 Å². The van der Waals surface area contributed by atoms with E-state index in [-0.39, 0.29) is 0 Å². The Morgan fingerprint density at radius 2 is 2.12 bits per heavy atom. The number of thiocarbonyl (C=S) groups is 1. The van der Waals surface area contributed by atoms with Crippen LogP contribution in [0, 0.1) is 0 Å². The molecule has 0 unspecified atom stereocenters. The van der Waals surface area contributed by atoms with E-state index in [4.69, 9.17) is 23.8 Å². The van der Waals surface area contributed by atoms with Crippen molar-refractivity contribution in [2.24, 2.45) is 7.05 Å². The number of rotatable bonds is 5. The molecule has 2 N–H and O–H groups in total. The second kappa shape index (κ2) is 7.99. The van der Waals surface area contributed by atoms with E-state index in [1.807, 2.05) is 43.7 Å². The molecule has 0 aliphatic heterocycles. The van der Waals surface area contributed by atoms with Gasteiger partial charge in [0.2, 0.25) is 0 Å². The third kappa shape index (κ3) is 4.81. The molecule has 130 valence electrons. The summed E-state index contributed by atoms with van der Waals surface area (Å²) in [6, 6.07) is 7.71. The zero-order valence-electron chi connectivity index (χ0n) is 13.4. The Labute approximate surface area is 164 Å². The Bertz CT molecular complexity index is 890. The first-order chi connectivity index (χ1) is 12.0. The van der Waals surface area contributed by atoms with Crippen LogP contribution in [-0.4, -0.2) is 24.7 Å². The highest BCUT2D eigenvalue weighted by Crippen LogP contribution is 2.22. The molecule has 0 atom stereocenters. The summed E-state index contributed by atoms with van der Waals surface area (Å²) >= 11 is 15.0. The third-order valence-electron chi connectivity index (χ3n) is 3.45. The van der Waals surface area contributed by atoms with Gasteiger partial charge in [-0.15, -0.1) is 0 Å². The van der Waals surface area contributed by atoms with Crippen LogP contribution >= 0.6 is 39.7 Å². The molecule has 0 radical (unpaired) electrons. The number of anilines is 1. The predicted octanol–water partition coefficient (Wildman–Crippen LogP) is 3.57. The second-order valence-electron chi connectivity index (χ2n) is 5.44. The van der Waals surface area contributed by atoms with Gasteiger partial charge in [0.25, 0.3) is 0 Å². The molecule has 0 saturated carbocycles. The van der Waals surface area contributed by atoms with Crippen molar-refractivity contribution >= 4 is 50.7 Å². The lowest BCUT2D eigenvalue weighted by atomic mass is 10.2. The van der Waals surface area contributed by atoms with Gasteiger partial charge in [0, 0.05) is 36.6 Å². The third-order valence-corrected chi connectivity index (χ3v) is 4.65. The fourth-order valence-corrected chi connectivity index (χ4v) is 3.04. The van der Waals surface area contributed by atoms with E-state index in [1.54, 1.807) is 15.6 Å². The van der Waals surface area contributed by atoms with Crippen molar-refractivity contribution in [3.8, 4) is 0 Å². The van der Waals surface area contributed by atoms with Gasteiger partial charge in [-0.25, -0.2) is 0 Å². The zero-order valence-corrected chi connectivity index (χ0v) is 16.6. The lowest BCUT2D eigenvalue weighted by Gasteiger charge is -2.08. The molecule has 0 aliphatic carbocycles. The van der Waals surface area contributed by atoms with Crippen LogP contribution in [0.5, 0.6) is 0 Å². The topological polar surface area (TPSA) is 59.7 Å². The molecule has 0 aliphatic rings. The molecule has 25 heavy (non-hydrogen) atoms. The van der Waals surface area contributed by atoms with Crippen LogP contribution in [0.3, 0.4) is 0 Å². The van der Waals surface area contributed by atoms with Gasteiger partial charge in [0.15, 0.2) is 10.9 Å². The summed E-state index contributed by atoms with van der Waals surface area (Å²) in [5.41, 5.74) is 2.05. The smallest absolute Gasteiger partial charge is 0.172 e. The Kier molecular flexibility index (Phi) is 5.72. The van der Waals surface area contributed by atoms with Crippen LogP contribution in [0.1, 0.15) is 11.1 Å². The first-order valence-electron chi connectivity index (χ1n) is 7.50. The minimum atomic E-state index is 0.493. The number of aromatic nitrogens is 4. The van der Waals surface area contributed by atoms with Crippen molar-refractivity contribution in [1.29, 1.82) is 0 Å². The van der Waals surface area contributed by atoms with Crippen molar-refractivity contribution in [2.45, 2.75) is 13.1 Å². The number of nitrogens with one attached hydrogen (secondary N) is 2. The van der Waals surface area contributed by atoms with Crippen LogP contribution in [0.25, 0.3) is 0 Å². The lowest BCUT2D eigenvalue weighted by Crippen LogP contribution is -2.28. The highest BCUT2D eigenvalue weighted by molar-refractivity contribution is 9.10. The van der Waals surface area contributed by atoms with E-state index in [0.29, 0.717) is 24.0 Å². The van der Waals surface area contributed by atoms with Crippen molar-refractivity contribution < 1.29 is 0 Å². The molecular formula is C16H16BrClN6S. The number of halogens is 2. The van der Waals surface area contributed by atoms with E-state index in [1.165, 1.54) is 0 Å². The molecule has 3 aromatic rings. The average Bonchev–Trinajstić information content (AvgIpc) is 3.14. The maximum Gasteiger partial charge on any atom is 0.172 e. The monoisotopic (exact) mass is 438 g/mol. The standard InChI is InChI=1S/C16H16BrClN6S/c1-23-8-11(7-20-23)6-19-16(25)21-15-13(17)10-24(22-15)9-12-4-2-3-5-14(12)18/h2-5,7-8,10H,6,9H2,1H3,(H2,19,21,22,25). The average molecular weight is 440 g/mol. The molecule has 6 nitrogen and oxygen atoms in total. The molecule has 3 rings (SSSR count). The normalized spacial score (nSPS) is 10.7. The molecule has 1 aromatic carbocycles. The van der Waals surface area contributed by atoms with Gasteiger partial charge in [-0.05, 0) is 39.8 Å². The van der Waals surface area contributed by atoms with E-state index in [0.717, 1.165) is 20.6 Å². The first kappa shape index (κ1) is 17.9. The molecule has 0 saturated heterocycles. The van der Waals surface area contributed by atoms with Crippen LogP contribution in [0.15, 0.2) is 47.3 Å². The summed E-state index contributed by atoms with van der Waals surface area (Å²) in [4.78, 5) is 0. The molecule has 9 heteroatoms.